The molecule has 0 aliphatic carbocycles. The van der Waals surface area contributed by atoms with Gasteiger partial charge in [-0.2, -0.15) is 4.31 Å². The summed E-state index contributed by atoms with van der Waals surface area (Å²) in [5, 5.41) is 3.31. The molecule has 0 radical (unpaired) electrons. The lowest BCUT2D eigenvalue weighted by atomic mass is 9.97. The number of piperidine rings is 1. The van der Waals surface area contributed by atoms with Crippen LogP contribution in [-0.4, -0.2) is 38.8 Å². The average molecular weight is 423 g/mol. The lowest BCUT2D eigenvalue weighted by Crippen LogP contribution is -2.41. The van der Waals surface area contributed by atoms with Crippen LogP contribution in [0.1, 0.15) is 18.4 Å². The average Bonchev–Trinajstić information content (AvgIpc) is 2.69. The van der Waals surface area contributed by atoms with Crippen LogP contribution in [0.2, 0.25) is 5.02 Å². The number of methoxy groups -OCH3 is 1. The van der Waals surface area contributed by atoms with E-state index in [4.69, 9.17) is 16.3 Å². The molecule has 0 spiro atoms. The zero-order valence-electron chi connectivity index (χ0n) is 15.8. The Morgan fingerprint density at radius 2 is 1.86 bits per heavy atom. The first-order valence-corrected chi connectivity index (χ1v) is 10.8. The van der Waals surface area contributed by atoms with E-state index in [1.54, 1.807) is 49.6 Å². The molecule has 0 unspecified atom stereocenters. The fourth-order valence-corrected chi connectivity index (χ4v) is 5.05. The van der Waals surface area contributed by atoms with Gasteiger partial charge in [0.15, 0.2) is 0 Å². The van der Waals surface area contributed by atoms with Crippen LogP contribution in [0.5, 0.6) is 5.75 Å². The minimum Gasteiger partial charge on any atom is -0.496 e. The zero-order chi connectivity index (χ0) is 20.3. The molecule has 1 saturated heterocycles. The summed E-state index contributed by atoms with van der Waals surface area (Å²) in [7, 11) is -2.05. The minimum atomic E-state index is -3.60. The molecule has 0 aromatic heterocycles. The van der Waals surface area contributed by atoms with Gasteiger partial charge in [0.05, 0.1) is 22.7 Å². The van der Waals surface area contributed by atoms with Gasteiger partial charge in [0, 0.05) is 19.0 Å². The predicted molar refractivity (Wildman–Crippen MR) is 109 cm³/mol. The molecule has 150 valence electrons. The van der Waals surface area contributed by atoms with E-state index in [1.165, 1.54) is 4.31 Å². The molecule has 0 bridgehead atoms. The molecule has 0 atom stereocenters. The van der Waals surface area contributed by atoms with Crippen molar-refractivity contribution in [2.75, 3.05) is 25.5 Å². The number of benzene rings is 2. The molecule has 6 nitrogen and oxygen atoms in total. The Bertz CT molecular complexity index is 970. The summed E-state index contributed by atoms with van der Waals surface area (Å²) in [5.74, 6) is 0.264. The Labute approximate surface area is 170 Å². The molecular formula is C20H23ClN2O4S. The molecule has 1 fully saturated rings. The van der Waals surface area contributed by atoms with E-state index in [1.807, 2.05) is 6.92 Å². The maximum Gasteiger partial charge on any atom is 0.243 e. The van der Waals surface area contributed by atoms with Crippen molar-refractivity contribution in [3.63, 3.8) is 0 Å². The van der Waals surface area contributed by atoms with Gasteiger partial charge in [-0.15, -0.1) is 0 Å². The summed E-state index contributed by atoms with van der Waals surface area (Å²) in [4.78, 5) is 12.8. The minimum absolute atomic E-state index is 0.134. The third-order valence-corrected chi connectivity index (χ3v) is 7.18. The van der Waals surface area contributed by atoms with E-state index < -0.39 is 10.0 Å². The van der Waals surface area contributed by atoms with Gasteiger partial charge in [-0.3, -0.25) is 4.79 Å². The summed E-state index contributed by atoms with van der Waals surface area (Å²) in [6.45, 7) is 2.41. The highest BCUT2D eigenvalue weighted by atomic mass is 35.5. The highest BCUT2D eigenvalue weighted by Gasteiger charge is 2.32. The SMILES string of the molecule is COc1ccc(S(=O)(=O)N2CCC(C(=O)Nc3ccccc3Cl)CC2)cc1C. The molecule has 8 heteroatoms. The van der Waals surface area contributed by atoms with Gasteiger partial charge in [0.25, 0.3) is 0 Å². The Morgan fingerprint density at radius 1 is 1.18 bits per heavy atom. The van der Waals surface area contributed by atoms with E-state index >= 15 is 0 Å². The lowest BCUT2D eigenvalue weighted by Gasteiger charge is -2.30. The van der Waals surface area contributed by atoms with Crippen molar-refractivity contribution >= 4 is 33.2 Å². The molecule has 28 heavy (non-hydrogen) atoms. The van der Waals surface area contributed by atoms with Crippen LogP contribution >= 0.6 is 11.6 Å². The highest BCUT2D eigenvalue weighted by molar-refractivity contribution is 7.89. The third-order valence-electron chi connectivity index (χ3n) is 4.96. The second kappa shape index (κ2) is 8.51. The molecular weight excluding hydrogens is 400 g/mol. The normalized spacial score (nSPS) is 16.0. The first-order valence-electron chi connectivity index (χ1n) is 9.03. The number of hydrogen-bond donors (Lipinski definition) is 1. The number of hydrogen-bond acceptors (Lipinski definition) is 4. The van der Waals surface area contributed by atoms with Crippen LogP contribution in [0.3, 0.4) is 0 Å². The van der Waals surface area contributed by atoms with Crippen LogP contribution in [0.25, 0.3) is 0 Å². The number of anilines is 1. The van der Waals surface area contributed by atoms with Gasteiger partial charge in [0.2, 0.25) is 15.9 Å². The van der Waals surface area contributed by atoms with E-state index in [-0.39, 0.29) is 16.7 Å². The summed E-state index contributed by atoms with van der Waals surface area (Å²) >= 11 is 6.08. The highest BCUT2D eigenvalue weighted by Crippen LogP contribution is 2.28. The van der Waals surface area contributed by atoms with Crippen molar-refractivity contribution in [2.24, 2.45) is 5.92 Å². The van der Waals surface area contributed by atoms with Crippen LogP contribution in [0.15, 0.2) is 47.4 Å². The van der Waals surface area contributed by atoms with Gasteiger partial charge in [-0.1, -0.05) is 23.7 Å². The van der Waals surface area contributed by atoms with Crippen molar-refractivity contribution in [1.29, 1.82) is 0 Å². The first kappa shape index (κ1) is 20.6. The molecule has 0 saturated carbocycles. The number of rotatable bonds is 5. The van der Waals surface area contributed by atoms with Crippen molar-refractivity contribution in [3.8, 4) is 5.75 Å². The fraction of sp³-hybridized carbons (Fsp3) is 0.350. The standard InChI is InChI=1S/C20H23ClN2O4S/c1-14-13-16(7-8-19(14)27-2)28(25,26)23-11-9-15(10-12-23)20(24)22-18-6-4-3-5-17(18)21/h3-8,13,15H,9-12H2,1-2H3,(H,22,24). The van der Waals surface area contributed by atoms with Crippen LogP contribution in [0, 0.1) is 12.8 Å². The summed E-state index contributed by atoms with van der Waals surface area (Å²) < 4.78 is 32.5. The number of carbonyl (C=O) groups is 1. The Kier molecular flexibility index (Phi) is 6.27. The van der Waals surface area contributed by atoms with Gasteiger partial charge >= 0.3 is 0 Å². The van der Waals surface area contributed by atoms with Crippen molar-refractivity contribution < 1.29 is 17.9 Å². The largest absolute Gasteiger partial charge is 0.496 e. The van der Waals surface area contributed by atoms with Crippen LogP contribution in [-0.2, 0) is 14.8 Å². The van der Waals surface area contributed by atoms with Gasteiger partial charge in [-0.05, 0) is 55.7 Å². The van der Waals surface area contributed by atoms with Gasteiger partial charge in [-0.25, -0.2) is 8.42 Å². The van der Waals surface area contributed by atoms with Gasteiger partial charge < -0.3 is 10.1 Å². The molecule has 1 amide bonds. The molecule has 1 aliphatic rings. The topological polar surface area (TPSA) is 75.7 Å². The third kappa shape index (κ3) is 4.32. The first-order chi connectivity index (χ1) is 13.3. The number of halogens is 1. The Balaban J connectivity index is 1.65. The number of para-hydroxylation sites is 1. The summed E-state index contributed by atoms with van der Waals surface area (Å²) in [6, 6.07) is 11.9. The molecule has 2 aromatic rings. The number of ether oxygens (including phenoxy) is 1. The molecule has 2 aromatic carbocycles. The number of carbonyl (C=O) groups excluding carboxylic acids is 1. The van der Waals surface area contributed by atoms with E-state index in [2.05, 4.69) is 5.32 Å². The van der Waals surface area contributed by atoms with Crippen molar-refractivity contribution in [2.45, 2.75) is 24.7 Å². The quantitative estimate of drug-likeness (QED) is 0.797. The fourth-order valence-electron chi connectivity index (χ4n) is 3.32. The number of nitrogens with one attached hydrogen (secondary N) is 1. The van der Waals surface area contributed by atoms with E-state index in [0.29, 0.717) is 42.4 Å². The second-order valence-corrected chi connectivity index (χ2v) is 9.12. The predicted octanol–water partition coefficient (Wildman–Crippen LogP) is 3.70. The molecule has 1 N–H and O–H groups in total. The maximum absolute atomic E-state index is 12.9. The monoisotopic (exact) mass is 422 g/mol. The molecule has 1 heterocycles. The van der Waals surface area contributed by atoms with Crippen LogP contribution in [0.4, 0.5) is 5.69 Å². The van der Waals surface area contributed by atoms with Gasteiger partial charge in [0.1, 0.15) is 5.75 Å². The second-order valence-electron chi connectivity index (χ2n) is 6.78. The smallest absolute Gasteiger partial charge is 0.243 e. The number of aryl methyl sites for hydroxylation is 1. The number of nitrogens with zero attached hydrogens (tertiary/aromatic N) is 1. The summed E-state index contributed by atoms with van der Waals surface area (Å²) in [5.41, 5.74) is 1.33. The van der Waals surface area contributed by atoms with Crippen LogP contribution < -0.4 is 10.1 Å². The van der Waals surface area contributed by atoms with Crippen molar-refractivity contribution in [3.05, 3.63) is 53.1 Å². The van der Waals surface area contributed by atoms with E-state index in [0.717, 1.165) is 5.56 Å². The summed E-state index contributed by atoms with van der Waals surface area (Å²) in [6.07, 6.45) is 0.926. The zero-order valence-corrected chi connectivity index (χ0v) is 17.4. The maximum atomic E-state index is 12.9. The Morgan fingerprint density at radius 3 is 2.46 bits per heavy atom. The Hall–Kier alpha value is -2.09. The molecule has 3 rings (SSSR count). The number of sulfonamides is 1. The molecule has 1 aliphatic heterocycles. The van der Waals surface area contributed by atoms with Crippen molar-refractivity contribution in [1.82, 2.24) is 4.31 Å². The number of amides is 1. The van der Waals surface area contributed by atoms with E-state index in [9.17, 15) is 13.2 Å². The lowest BCUT2D eigenvalue weighted by molar-refractivity contribution is -0.120.